The lowest BCUT2D eigenvalue weighted by molar-refractivity contribution is 0.0923. The SMILES string of the molecule is Cn1c(C(=O)NCCNC(=O)c2ccc(Br)cc2)cc2ccccc21. The normalized spacial score (nSPS) is 10.6. The van der Waals surface area contributed by atoms with E-state index < -0.39 is 0 Å². The average molecular weight is 400 g/mol. The number of aromatic nitrogens is 1. The molecule has 2 aromatic carbocycles. The quantitative estimate of drug-likeness (QED) is 0.647. The third-order valence-corrected chi connectivity index (χ3v) is 4.52. The van der Waals surface area contributed by atoms with Gasteiger partial charge in [-0.05, 0) is 36.4 Å². The van der Waals surface area contributed by atoms with Crippen LogP contribution in [0, 0.1) is 0 Å². The van der Waals surface area contributed by atoms with Crippen LogP contribution in [-0.4, -0.2) is 29.5 Å². The van der Waals surface area contributed by atoms with Crippen molar-refractivity contribution in [2.24, 2.45) is 7.05 Å². The predicted molar refractivity (Wildman–Crippen MR) is 102 cm³/mol. The highest BCUT2D eigenvalue weighted by atomic mass is 79.9. The lowest BCUT2D eigenvalue weighted by Gasteiger charge is -2.08. The number of nitrogens with zero attached hydrogens (tertiary/aromatic N) is 1. The van der Waals surface area contributed by atoms with Gasteiger partial charge in [-0.25, -0.2) is 0 Å². The van der Waals surface area contributed by atoms with E-state index in [2.05, 4.69) is 26.6 Å². The van der Waals surface area contributed by atoms with Gasteiger partial charge in [0.25, 0.3) is 11.8 Å². The van der Waals surface area contributed by atoms with E-state index in [1.807, 2.05) is 54.1 Å². The zero-order valence-corrected chi connectivity index (χ0v) is 15.3. The van der Waals surface area contributed by atoms with Gasteiger partial charge in [0, 0.05) is 41.1 Å². The number of benzene rings is 2. The predicted octanol–water partition coefficient (Wildman–Crippen LogP) is 3.10. The van der Waals surface area contributed by atoms with Crippen molar-refractivity contribution in [1.82, 2.24) is 15.2 Å². The van der Waals surface area contributed by atoms with Crippen molar-refractivity contribution in [2.45, 2.75) is 0 Å². The molecule has 0 spiro atoms. The number of halogens is 1. The number of carbonyl (C=O) groups is 2. The zero-order valence-electron chi connectivity index (χ0n) is 13.8. The second-order valence-corrected chi connectivity index (χ2v) is 6.58. The van der Waals surface area contributed by atoms with Gasteiger partial charge in [-0.15, -0.1) is 0 Å². The van der Waals surface area contributed by atoms with Crippen LogP contribution in [0.1, 0.15) is 20.8 Å². The maximum atomic E-state index is 12.3. The zero-order chi connectivity index (χ0) is 17.8. The molecule has 0 fully saturated rings. The number of hydrogen-bond donors (Lipinski definition) is 2. The van der Waals surface area contributed by atoms with Crippen molar-refractivity contribution < 1.29 is 9.59 Å². The highest BCUT2D eigenvalue weighted by Crippen LogP contribution is 2.18. The second-order valence-electron chi connectivity index (χ2n) is 5.67. The molecule has 0 unspecified atom stereocenters. The van der Waals surface area contributed by atoms with Gasteiger partial charge in [-0.3, -0.25) is 9.59 Å². The van der Waals surface area contributed by atoms with E-state index >= 15 is 0 Å². The largest absolute Gasteiger partial charge is 0.350 e. The van der Waals surface area contributed by atoms with Crippen LogP contribution in [0.4, 0.5) is 0 Å². The minimum atomic E-state index is -0.161. The molecule has 3 aromatic rings. The van der Waals surface area contributed by atoms with Crippen LogP contribution in [0.5, 0.6) is 0 Å². The van der Waals surface area contributed by atoms with Crippen molar-refractivity contribution in [3.8, 4) is 0 Å². The standard InChI is InChI=1S/C19H18BrN3O2/c1-23-16-5-3-2-4-14(16)12-17(23)19(25)22-11-10-21-18(24)13-6-8-15(20)9-7-13/h2-9,12H,10-11H2,1H3,(H,21,24)(H,22,25). The molecule has 6 heteroatoms. The van der Waals surface area contributed by atoms with Gasteiger partial charge < -0.3 is 15.2 Å². The summed E-state index contributed by atoms with van der Waals surface area (Å²) in [7, 11) is 1.87. The number of para-hydroxylation sites is 1. The number of nitrogens with one attached hydrogen (secondary N) is 2. The Kier molecular flexibility index (Phi) is 5.19. The minimum Gasteiger partial charge on any atom is -0.350 e. The van der Waals surface area contributed by atoms with Crippen molar-refractivity contribution in [1.29, 1.82) is 0 Å². The third-order valence-electron chi connectivity index (χ3n) is 3.99. The summed E-state index contributed by atoms with van der Waals surface area (Å²) in [4.78, 5) is 24.3. The number of amides is 2. The number of aryl methyl sites for hydroxylation is 1. The van der Waals surface area contributed by atoms with Gasteiger partial charge in [0.15, 0.2) is 0 Å². The monoisotopic (exact) mass is 399 g/mol. The van der Waals surface area contributed by atoms with E-state index in [9.17, 15) is 9.59 Å². The molecule has 3 rings (SSSR count). The first kappa shape index (κ1) is 17.2. The summed E-state index contributed by atoms with van der Waals surface area (Å²) in [5, 5.41) is 6.65. The van der Waals surface area contributed by atoms with Gasteiger partial charge in [-0.2, -0.15) is 0 Å². The number of carbonyl (C=O) groups excluding carboxylic acids is 2. The van der Waals surface area contributed by atoms with Gasteiger partial charge in [-0.1, -0.05) is 34.1 Å². The molecule has 1 aromatic heterocycles. The molecule has 0 aliphatic carbocycles. The Hall–Kier alpha value is -2.60. The molecule has 0 atom stereocenters. The molecule has 2 N–H and O–H groups in total. The first-order chi connectivity index (χ1) is 12.1. The highest BCUT2D eigenvalue weighted by molar-refractivity contribution is 9.10. The maximum absolute atomic E-state index is 12.3. The number of rotatable bonds is 5. The summed E-state index contributed by atoms with van der Waals surface area (Å²) >= 11 is 3.33. The van der Waals surface area contributed by atoms with Crippen LogP contribution >= 0.6 is 15.9 Å². The third kappa shape index (κ3) is 3.91. The summed E-state index contributed by atoms with van der Waals surface area (Å²) in [6, 6.07) is 16.8. The number of fused-ring (bicyclic) bond motifs is 1. The van der Waals surface area contributed by atoms with E-state index in [-0.39, 0.29) is 11.8 Å². The molecule has 0 aliphatic rings. The molecular formula is C19H18BrN3O2. The summed E-state index contributed by atoms with van der Waals surface area (Å²) in [6.45, 7) is 0.729. The Balaban J connectivity index is 1.53. The van der Waals surface area contributed by atoms with Crippen LogP contribution < -0.4 is 10.6 Å². The Morgan fingerprint density at radius 1 is 0.960 bits per heavy atom. The lowest BCUT2D eigenvalue weighted by atomic mass is 10.2. The Morgan fingerprint density at radius 2 is 1.60 bits per heavy atom. The molecule has 2 amide bonds. The maximum Gasteiger partial charge on any atom is 0.267 e. The smallest absolute Gasteiger partial charge is 0.267 e. The van der Waals surface area contributed by atoms with Crippen molar-refractivity contribution in [3.05, 3.63) is 70.3 Å². The molecule has 0 saturated carbocycles. The first-order valence-electron chi connectivity index (χ1n) is 7.92. The van der Waals surface area contributed by atoms with Crippen LogP contribution in [0.2, 0.25) is 0 Å². The van der Waals surface area contributed by atoms with E-state index in [0.717, 1.165) is 15.4 Å². The molecule has 5 nitrogen and oxygen atoms in total. The van der Waals surface area contributed by atoms with Crippen LogP contribution in [0.15, 0.2) is 59.1 Å². The lowest BCUT2D eigenvalue weighted by Crippen LogP contribution is -2.35. The summed E-state index contributed by atoms with van der Waals surface area (Å²) in [6.07, 6.45) is 0. The van der Waals surface area contributed by atoms with Gasteiger partial charge in [0.05, 0.1) is 0 Å². The minimum absolute atomic E-state index is 0.156. The Bertz CT molecular complexity index is 916. The Morgan fingerprint density at radius 3 is 2.28 bits per heavy atom. The molecule has 25 heavy (non-hydrogen) atoms. The van der Waals surface area contributed by atoms with Gasteiger partial charge in [0.2, 0.25) is 0 Å². The van der Waals surface area contributed by atoms with E-state index in [0.29, 0.717) is 24.3 Å². The Labute approximate surface area is 154 Å². The molecular weight excluding hydrogens is 382 g/mol. The van der Waals surface area contributed by atoms with E-state index in [1.54, 1.807) is 12.1 Å². The molecule has 128 valence electrons. The fourth-order valence-corrected chi connectivity index (χ4v) is 2.92. The van der Waals surface area contributed by atoms with Gasteiger partial charge >= 0.3 is 0 Å². The molecule has 0 aliphatic heterocycles. The van der Waals surface area contributed by atoms with E-state index in [1.165, 1.54) is 0 Å². The first-order valence-corrected chi connectivity index (χ1v) is 8.72. The topological polar surface area (TPSA) is 63.1 Å². The van der Waals surface area contributed by atoms with Crippen molar-refractivity contribution in [3.63, 3.8) is 0 Å². The molecule has 1 heterocycles. The van der Waals surface area contributed by atoms with Gasteiger partial charge in [0.1, 0.15) is 5.69 Å². The molecule has 0 radical (unpaired) electrons. The van der Waals surface area contributed by atoms with Crippen LogP contribution in [0.3, 0.4) is 0 Å². The fourth-order valence-electron chi connectivity index (χ4n) is 2.65. The highest BCUT2D eigenvalue weighted by Gasteiger charge is 2.12. The average Bonchev–Trinajstić information content (AvgIpc) is 2.96. The number of hydrogen-bond acceptors (Lipinski definition) is 2. The summed E-state index contributed by atoms with van der Waals surface area (Å²) in [5.74, 6) is -0.317. The van der Waals surface area contributed by atoms with Crippen LogP contribution in [0.25, 0.3) is 10.9 Å². The summed E-state index contributed by atoms with van der Waals surface area (Å²) < 4.78 is 2.79. The summed E-state index contributed by atoms with van der Waals surface area (Å²) in [5.41, 5.74) is 2.19. The fraction of sp³-hybridized carbons (Fsp3) is 0.158. The molecule has 0 saturated heterocycles. The van der Waals surface area contributed by atoms with Crippen LogP contribution in [-0.2, 0) is 7.05 Å². The van der Waals surface area contributed by atoms with Crippen molar-refractivity contribution >= 4 is 38.6 Å². The second kappa shape index (κ2) is 7.53. The van der Waals surface area contributed by atoms with E-state index in [4.69, 9.17) is 0 Å². The molecule has 0 bridgehead atoms. The van der Waals surface area contributed by atoms with Crippen molar-refractivity contribution in [2.75, 3.05) is 13.1 Å².